The van der Waals surface area contributed by atoms with Crippen LogP contribution in [0.15, 0.2) is 83.3 Å². The Bertz CT molecular complexity index is 1120. The highest BCUT2D eigenvalue weighted by atomic mass is 79.9. The Balaban J connectivity index is 1.40. The average Bonchev–Trinajstić information content (AvgIpc) is 3.12. The van der Waals surface area contributed by atoms with Gasteiger partial charge in [0, 0.05) is 30.4 Å². The number of nitrogens with one attached hydrogen (secondary N) is 1. The Hall–Kier alpha value is -2.92. The zero-order valence-electron chi connectivity index (χ0n) is 16.7. The summed E-state index contributed by atoms with van der Waals surface area (Å²) in [6.45, 7) is 1.34. The molecule has 0 radical (unpaired) electrons. The summed E-state index contributed by atoms with van der Waals surface area (Å²) in [4.78, 5) is 17.1. The molecular weight excluding hydrogens is 438 g/mol. The topological polar surface area (TPSA) is 46.9 Å². The summed E-state index contributed by atoms with van der Waals surface area (Å²) in [6, 6.07) is 26.6. The standard InChI is InChI=1S/C25H24BrN3O/c26-21-13-10-20(11-14-21)18-29-23-9-5-4-8-22(23)28-24(29)16-17-27-25(30)15-12-19-6-2-1-3-7-19/h1-11,13-14H,12,15-18H2,(H,27,30). The highest BCUT2D eigenvalue weighted by Crippen LogP contribution is 2.19. The summed E-state index contributed by atoms with van der Waals surface area (Å²) in [6.07, 6.45) is 1.95. The van der Waals surface area contributed by atoms with Crippen LogP contribution >= 0.6 is 15.9 Å². The minimum atomic E-state index is 0.0782. The number of hydrogen-bond acceptors (Lipinski definition) is 2. The lowest BCUT2D eigenvalue weighted by atomic mass is 10.1. The van der Waals surface area contributed by atoms with Gasteiger partial charge in [-0.05, 0) is 41.8 Å². The number of halogens is 1. The number of amides is 1. The number of carbonyl (C=O) groups is 1. The number of carbonyl (C=O) groups excluding carboxylic acids is 1. The van der Waals surface area contributed by atoms with Gasteiger partial charge < -0.3 is 9.88 Å². The molecule has 0 bridgehead atoms. The van der Waals surface area contributed by atoms with Crippen molar-refractivity contribution in [2.75, 3.05) is 6.54 Å². The molecule has 5 heteroatoms. The smallest absolute Gasteiger partial charge is 0.220 e. The summed E-state index contributed by atoms with van der Waals surface area (Å²) in [7, 11) is 0. The van der Waals surface area contributed by atoms with E-state index in [9.17, 15) is 4.79 Å². The lowest BCUT2D eigenvalue weighted by Gasteiger charge is -2.10. The van der Waals surface area contributed by atoms with Crippen LogP contribution in [-0.2, 0) is 24.2 Å². The van der Waals surface area contributed by atoms with Crippen LogP contribution in [0.3, 0.4) is 0 Å². The molecule has 0 aliphatic heterocycles. The monoisotopic (exact) mass is 461 g/mol. The second-order valence-corrected chi connectivity index (χ2v) is 8.23. The molecule has 0 aliphatic carbocycles. The number of nitrogens with zero attached hydrogens (tertiary/aromatic N) is 2. The molecule has 1 amide bonds. The fraction of sp³-hybridized carbons (Fsp3) is 0.200. The van der Waals surface area contributed by atoms with Crippen LogP contribution in [0, 0.1) is 0 Å². The number of fused-ring (bicyclic) bond motifs is 1. The van der Waals surface area contributed by atoms with Gasteiger partial charge in [0.15, 0.2) is 0 Å². The number of aromatic nitrogens is 2. The Kier molecular flexibility index (Phi) is 6.60. The van der Waals surface area contributed by atoms with Gasteiger partial charge in [0.05, 0.1) is 11.0 Å². The summed E-state index contributed by atoms with van der Waals surface area (Å²) in [5.74, 6) is 1.07. The van der Waals surface area contributed by atoms with E-state index in [1.165, 1.54) is 11.1 Å². The summed E-state index contributed by atoms with van der Waals surface area (Å²) < 4.78 is 3.31. The molecule has 0 unspecified atom stereocenters. The van der Waals surface area contributed by atoms with Crippen molar-refractivity contribution in [3.63, 3.8) is 0 Å². The maximum absolute atomic E-state index is 12.2. The maximum Gasteiger partial charge on any atom is 0.220 e. The number of rotatable bonds is 8. The largest absolute Gasteiger partial charge is 0.356 e. The van der Waals surface area contributed by atoms with Crippen LogP contribution in [0.5, 0.6) is 0 Å². The van der Waals surface area contributed by atoms with Crippen LogP contribution in [0.4, 0.5) is 0 Å². The quantitative estimate of drug-likeness (QED) is 0.394. The van der Waals surface area contributed by atoms with Gasteiger partial charge in [-0.2, -0.15) is 0 Å². The molecule has 1 aromatic heterocycles. The lowest BCUT2D eigenvalue weighted by molar-refractivity contribution is -0.121. The van der Waals surface area contributed by atoms with Crippen LogP contribution in [-0.4, -0.2) is 22.0 Å². The molecule has 152 valence electrons. The van der Waals surface area contributed by atoms with Crippen molar-refractivity contribution in [1.82, 2.24) is 14.9 Å². The van der Waals surface area contributed by atoms with Gasteiger partial charge in [-0.15, -0.1) is 0 Å². The first-order valence-electron chi connectivity index (χ1n) is 10.2. The van der Waals surface area contributed by atoms with Crippen molar-refractivity contribution in [3.8, 4) is 0 Å². The van der Waals surface area contributed by atoms with Crippen LogP contribution < -0.4 is 5.32 Å². The molecule has 0 spiro atoms. The molecule has 0 aliphatic rings. The molecule has 30 heavy (non-hydrogen) atoms. The highest BCUT2D eigenvalue weighted by Gasteiger charge is 2.11. The van der Waals surface area contributed by atoms with Gasteiger partial charge in [0.25, 0.3) is 0 Å². The highest BCUT2D eigenvalue weighted by molar-refractivity contribution is 9.10. The minimum Gasteiger partial charge on any atom is -0.356 e. The minimum absolute atomic E-state index is 0.0782. The van der Waals surface area contributed by atoms with Gasteiger partial charge in [-0.1, -0.05) is 70.5 Å². The fourth-order valence-corrected chi connectivity index (χ4v) is 3.83. The predicted octanol–water partition coefficient (Wildman–Crippen LogP) is 5.14. The predicted molar refractivity (Wildman–Crippen MR) is 124 cm³/mol. The first-order chi connectivity index (χ1) is 14.7. The molecule has 0 atom stereocenters. The second kappa shape index (κ2) is 9.72. The van der Waals surface area contributed by atoms with E-state index in [2.05, 4.69) is 68.3 Å². The Labute approximate surface area is 185 Å². The van der Waals surface area contributed by atoms with E-state index in [4.69, 9.17) is 4.98 Å². The number of benzene rings is 3. The van der Waals surface area contributed by atoms with E-state index in [1.807, 2.05) is 36.4 Å². The Morgan fingerprint density at radius 1 is 0.867 bits per heavy atom. The second-order valence-electron chi connectivity index (χ2n) is 7.31. The summed E-state index contributed by atoms with van der Waals surface area (Å²) in [5, 5.41) is 3.05. The van der Waals surface area contributed by atoms with Crippen molar-refractivity contribution in [2.24, 2.45) is 0 Å². The first kappa shape index (κ1) is 20.4. The van der Waals surface area contributed by atoms with Crippen molar-refractivity contribution < 1.29 is 4.79 Å². The van der Waals surface area contributed by atoms with Crippen LogP contribution in [0.1, 0.15) is 23.4 Å². The van der Waals surface area contributed by atoms with Gasteiger partial charge >= 0.3 is 0 Å². The van der Waals surface area contributed by atoms with Crippen LogP contribution in [0.2, 0.25) is 0 Å². The third kappa shape index (κ3) is 5.16. The molecule has 1 N–H and O–H groups in total. The van der Waals surface area contributed by atoms with Crippen LogP contribution in [0.25, 0.3) is 11.0 Å². The number of hydrogen-bond donors (Lipinski definition) is 1. The maximum atomic E-state index is 12.2. The molecule has 0 saturated carbocycles. The Morgan fingerprint density at radius 2 is 1.60 bits per heavy atom. The number of aryl methyl sites for hydroxylation is 1. The molecule has 4 nitrogen and oxygen atoms in total. The normalized spacial score (nSPS) is 11.0. The van der Waals surface area contributed by atoms with Crippen molar-refractivity contribution in [3.05, 3.63) is 100 Å². The van der Waals surface area contributed by atoms with E-state index in [1.54, 1.807) is 0 Å². The third-order valence-electron chi connectivity index (χ3n) is 5.14. The SMILES string of the molecule is O=C(CCc1ccccc1)NCCc1nc2ccccc2n1Cc1ccc(Br)cc1. The number of para-hydroxylation sites is 2. The van der Waals surface area contributed by atoms with Crippen molar-refractivity contribution in [1.29, 1.82) is 0 Å². The summed E-state index contributed by atoms with van der Waals surface area (Å²) in [5.41, 5.74) is 4.50. The van der Waals surface area contributed by atoms with Crippen molar-refractivity contribution in [2.45, 2.75) is 25.8 Å². The molecule has 4 rings (SSSR count). The molecule has 0 saturated heterocycles. The fourth-order valence-electron chi connectivity index (χ4n) is 3.57. The lowest BCUT2D eigenvalue weighted by Crippen LogP contribution is -2.26. The van der Waals surface area contributed by atoms with E-state index < -0.39 is 0 Å². The zero-order chi connectivity index (χ0) is 20.8. The van der Waals surface area contributed by atoms with Gasteiger partial charge in [0.2, 0.25) is 5.91 Å². The van der Waals surface area contributed by atoms with E-state index in [0.29, 0.717) is 19.4 Å². The molecule has 4 aromatic rings. The van der Waals surface area contributed by atoms with Crippen molar-refractivity contribution >= 4 is 32.9 Å². The van der Waals surface area contributed by atoms with Gasteiger partial charge in [0.1, 0.15) is 5.82 Å². The third-order valence-corrected chi connectivity index (χ3v) is 5.67. The first-order valence-corrected chi connectivity index (χ1v) is 11.0. The Morgan fingerprint density at radius 3 is 2.40 bits per heavy atom. The van der Waals surface area contributed by atoms with E-state index in [-0.39, 0.29) is 5.91 Å². The molecule has 0 fully saturated rings. The molecule has 1 heterocycles. The van der Waals surface area contributed by atoms with Gasteiger partial charge in [-0.25, -0.2) is 4.98 Å². The summed E-state index contributed by atoms with van der Waals surface area (Å²) >= 11 is 3.49. The van der Waals surface area contributed by atoms with Gasteiger partial charge in [-0.3, -0.25) is 4.79 Å². The van der Waals surface area contributed by atoms with E-state index in [0.717, 1.165) is 34.3 Å². The zero-order valence-corrected chi connectivity index (χ0v) is 18.3. The number of imidazole rings is 1. The molecular formula is C25H24BrN3O. The average molecular weight is 462 g/mol. The van der Waals surface area contributed by atoms with E-state index >= 15 is 0 Å². The molecule has 3 aromatic carbocycles.